The van der Waals surface area contributed by atoms with Crippen LogP contribution in [0, 0.1) is 3.57 Å². The molecule has 1 amide bonds. The summed E-state index contributed by atoms with van der Waals surface area (Å²) in [5, 5.41) is 0. The van der Waals surface area contributed by atoms with Crippen molar-refractivity contribution in [1.82, 2.24) is 4.90 Å². The Balaban J connectivity index is 2.69. The zero-order chi connectivity index (χ0) is 15.3. The molecule has 0 unspecified atom stereocenters. The molecule has 1 rings (SSSR count). The minimum absolute atomic E-state index is 0.318. The Morgan fingerprint density at radius 3 is 2.50 bits per heavy atom. The summed E-state index contributed by atoms with van der Waals surface area (Å²) in [6, 6.07) is 5.92. The van der Waals surface area contributed by atoms with Crippen molar-refractivity contribution in [2.45, 2.75) is 39.8 Å². The van der Waals surface area contributed by atoms with Gasteiger partial charge in [-0.2, -0.15) is 0 Å². The fourth-order valence-electron chi connectivity index (χ4n) is 1.59. The predicted octanol–water partition coefficient (Wildman–Crippen LogP) is 4.06. The van der Waals surface area contributed by atoms with E-state index in [2.05, 4.69) is 22.6 Å². The normalized spacial score (nSPS) is 11.1. The number of nitrogens with zero attached hydrogens (tertiary/aromatic N) is 1. The standard InChI is InChI=1S/C15H22INO3/c1-6-19-13-8-7-11(9-12(13)16)10-17(5)14(18)20-15(2,3)4/h7-9H,6,10H2,1-5H3. The summed E-state index contributed by atoms with van der Waals surface area (Å²) >= 11 is 2.24. The maximum absolute atomic E-state index is 11.9. The minimum atomic E-state index is -0.474. The lowest BCUT2D eigenvalue weighted by Crippen LogP contribution is -2.33. The number of ether oxygens (including phenoxy) is 2. The van der Waals surface area contributed by atoms with E-state index in [0.29, 0.717) is 13.2 Å². The highest BCUT2D eigenvalue weighted by Crippen LogP contribution is 2.23. The van der Waals surface area contributed by atoms with Crippen LogP contribution in [0.2, 0.25) is 0 Å². The smallest absolute Gasteiger partial charge is 0.410 e. The van der Waals surface area contributed by atoms with Crippen molar-refractivity contribution in [1.29, 1.82) is 0 Å². The van der Waals surface area contributed by atoms with Crippen molar-refractivity contribution in [3.63, 3.8) is 0 Å². The van der Waals surface area contributed by atoms with Gasteiger partial charge in [-0.1, -0.05) is 6.07 Å². The number of carbonyl (C=O) groups excluding carboxylic acids is 1. The highest BCUT2D eigenvalue weighted by atomic mass is 127. The van der Waals surface area contributed by atoms with Crippen LogP contribution in [0.1, 0.15) is 33.3 Å². The lowest BCUT2D eigenvalue weighted by Gasteiger charge is -2.24. The van der Waals surface area contributed by atoms with E-state index in [4.69, 9.17) is 9.47 Å². The van der Waals surface area contributed by atoms with Crippen LogP contribution in [0.15, 0.2) is 18.2 Å². The molecule has 4 nitrogen and oxygen atoms in total. The van der Waals surface area contributed by atoms with Gasteiger partial charge in [-0.15, -0.1) is 0 Å². The molecule has 1 aromatic rings. The van der Waals surface area contributed by atoms with E-state index in [9.17, 15) is 4.79 Å². The SMILES string of the molecule is CCOc1ccc(CN(C)C(=O)OC(C)(C)C)cc1I. The van der Waals surface area contributed by atoms with Crippen LogP contribution in [-0.4, -0.2) is 30.2 Å². The number of carbonyl (C=O) groups is 1. The van der Waals surface area contributed by atoms with Gasteiger partial charge in [0, 0.05) is 13.6 Å². The molecule has 0 aliphatic carbocycles. The lowest BCUT2D eigenvalue weighted by atomic mass is 10.2. The molecule has 0 saturated heterocycles. The summed E-state index contributed by atoms with van der Waals surface area (Å²) in [7, 11) is 1.73. The maximum atomic E-state index is 11.9. The van der Waals surface area contributed by atoms with Crippen molar-refractivity contribution >= 4 is 28.7 Å². The van der Waals surface area contributed by atoms with E-state index in [0.717, 1.165) is 14.9 Å². The average molecular weight is 391 g/mol. The number of hydrogen-bond acceptors (Lipinski definition) is 3. The van der Waals surface area contributed by atoms with Gasteiger partial charge in [0.25, 0.3) is 0 Å². The lowest BCUT2D eigenvalue weighted by molar-refractivity contribution is 0.0285. The minimum Gasteiger partial charge on any atom is -0.493 e. The van der Waals surface area contributed by atoms with E-state index in [1.165, 1.54) is 0 Å². The van der Waals surface area contributed by atoms with Crippen LogP contribution >= 0.6 is 22.6 Å². The summed E-state index contributed by atoms with van der Waals surface area (Å²) in [4.78, 5) is 13.5. The first-order chi connectivity index (χ1) is 9.23. The Hall–Kier alpha value is -0.980. The van der Waals surface area contributed by atoms with Crippen LogP contribution < -0.4 is 4.74 Å². The summed E-state index contributed by atoms with van der Waals surface area (Å²) in [6.45, 7) is 8.69. The molecule has 0 N–H and O–H groups in total. The number of rotatable bonds is 4. The molecule has 0 aliphatic rings. The van der Waals surface area contributed by atoms with Crippen LogP contribution in [0.3, 0.4) is 0 Å². The van der Waals surface area contributed by atoms with Crippen LogP contribution in [0.25, 0.3) is 0 Å². The molecule has 0 fully saturated rings. The molecule has 112 valence electrons. The first-order valence-electron chi connectivity index (χ1n) is 6.58. The zero-order valence-corrected chi connectivity index (χ0v) is 14.9. The number of halogens is 1. The van der Waals surface area contributed by atoms with Gasteiger partial charge >= 0.3 is 6.09 Å². The quantitative estimate of drug-likeness (QED) is 0.727. The fourth-order valence-corrected chi connectivity index (χ4v) is 2.33. The topological polar surface area (TPSA) is 38.8 Å². The monoisotopic (exact) mass is 391 g/mol. The Morgan fingerprint density at radius 2 is 2.00 bits per heavy atom. The number of hydrogen-bond donors (Lipinski definition) is 0. The fraction of sp³-hybridized carbons (Fsp3) is 0.533. The van der Waals surface area contributed by atoms with Crippen molar-refractivity contribution in [2.75, 3.05) is 13.7 Å². The highest BCUT2D eigenvalue weighted by molar-refractivity contribution is 14.1. The molecule has 0 aliphatic heterocycles. The maximum Gasteiger partial charge on any atom is 0.410 e. The first kappa shape index (κ1) is 17.1. The van der Waals surface area contributed by atoms with Crippen LogP contribution in [0.5, 0.6) is 5.75 Å². The molecule has 1 aromatic carbocycles. The second-order valence-electron chi connectivity index (χ2n) is 5.53. The van der Waals surface area contributed by atoms with Crippen molar-refractivity contribution in [3.05, 3.63) is 27.3 Å². The molecule has 20 heavy (non-hydrogen) atoms. The summed E-state index contributed by atoms with van der Waals surface area (Å²) in [5.74, 6) is 0.872. The third kappa shape index (κ3) is 5.56. The highest BCUT2D eigenvalue weighted by Gasteiger charge is 2.19. The second kappa shape index (κ2) is 7.15. The second-order valence-corrected chi connectivity index (χ2v) is 6.70. The Bertz CT molecular complexity index is 469. The van der Waals surface area contributed by atoms with E-state index in [-0.39, 0.29) is 6.09 Å². The number of amides is 1. The van der Waals surface area contributed by atoms with E-state index >= 15 is 0 Å². The molecule has 0 heterocycles. The predicted molar refractivity (Wildman–Crippen MR) is 88.0 cm³/mol. The summed E-state index contributed by atoms with van der Waals surface area (Å²) < 4.78 is 11.9. The van der Waals surface area contributed by atoms with Gasteiger partial charge in [0.2, 0.25) is 0 Å². The number of benzene rings is 1. The van der Waals surface area contributed by atoms with Crippen LogP contribution in [-0.2, 0) is 11.3 Å². The third-order valence-electron chi connectivity index (χ3n) is 2.42. The Morgan fingerprint density at radius 1 is 1.35 bits per heavy atom. The molecule has 0 radical (unpaired) electrons. The van der Waals surface area contributed by atoms with E-state index < -0.39 is 5.60 Å². The zero-order valence-electron chi connectivity index (χ0n) is 12.7. The molecule has 0 saturated carbocycles. The largest absolute Gasteiger partial charge is 0.493 e. The molecule has 0 bridgehead atoms. The van der Waals surface area contributed by atoms with E-state index in [1.54, 1.807) is 11.9 Å². The van der Waals surface area contributed by atoms with Gasteiger partial charge in [0.05, 0.1) is 10.2 Å². The summed E-state index contributed by atoms with van der Waals surface area (Å²) in [6.07, 6.45) is -0.318. The molecular weight excluding hydrogens is 369 g/mol. The Kier molecular flexibility index (Phi) is 6.10. The van der Waals surface area contributed by atoms with Gasteiger partial charge in [-0.3, -0.25) is 0 Å². The van der Waals surface area contributed by atoms with Crippen molar-refractivity contribution in [3.8, 4) is 5.75 Å². The van der Waals surface area contributed by atoms with Gasteiger partial charge in [0.1, 0.15) is 11.4 Å². The molecule has 0 spiro atoms. The molecule has 5 heteroatoms. The van der Waals surface area contributed by atoms with E-state index in [1.807, 2.05) is 45.9 Å². The van der Waals surface area contributed by atoms with Crippen LogP contribution in [0.4, 0.5) is 4.79 Å². The van der Waals surface area contributed by atoms with Gasteiger partial charge in [0.15, 0.2) is 0 Å². The summed E-state index contributed by atoms with van der Waals surface area (Å²) in [5.41, 5.74) is 0.574. The average Bonchev–Trinajstić information content (AvgIpc) is 2.30. The van der Waals surface area contributed by atoms with Crippen molar-refractivity contribution in [2.24, 2.45) is 0 Å². The first-order valence-corrected chi connectivity index (χ1v) is 7.66. The molecule has 0 atom stereocenters. The van der Waals surface area contributed by atoms with Gasteiger partial charge in [-0.25, -0.2) is 4.79 Å². The third-order valence-corrected chi connectivity index (χ3v) is 3.26. The van der Waals surface area contributed by atoms with Crippen molar-refractivity contribution < 1.29 is 14.3 Å². The molecular formula is C15H22INO3. The van der Waals surface area contributed by atoms with Gasteiger partial charge < -0.3 is 14.4 Å². The Labute approximate surface area is 134 Å². The van der Waals surface area contributed by atoms with Gasteiger partial charge in [-0.05, 0) is 68.0 Å². The molecule has 0 aromatic heterocycles.